The third kappa shape index (κ3) is 8.85. The average molecular weight is 219 g/mol. The zero-order chi connectivity index (χ0) is 10.8. The molecule has 0 saturated carbocycles. The summed E-state index contributed by atoms with van der Waals surface area (Å²) >= 11 is 1.99. The average Bonchev–Trinajstić information content (AvgIpc) is 2.16. The van der Waals surface area contributed by atoms with Crippen molar-refractivity contribution in [3.05, 3.63) is 0 Å². The van der Waals surface area contributed by atoms with Crippen LogP contribution in [0.4, 0.5) is 0 Å². The second kappa shape index (κ2) is 9.81. The van der Waals surface area contributed by atoms with Crippen molar-refractivity contribution in [3.63, 3.8) is 0 Å². The molecule has 0 spiro atoms. The number of rotatable bonds is 9. The van der Waals surface area contributed by atoms with Crippen molar-refractivity contribution < 1.29 is 5.11 Å². The maximum absolute atomic E-state index is 9.09. The van der Waals surface area contributed by atoms with Crippen LogP contribution in [0.5, 0.6) is 0 Å². The van der Waals surface area contributed by atoms with E-state index in [2.05, 4.69) is 26.1 Å². The minimum atomic E-state index is 0.266. The van der Waals surface area contributed by atoms with Gasteiger partial charge in [0.05, 0.1) is 6.61 Å². The van der Waals surface area contributed by atoms with Gasteiger partial charge in [0, 0.05) is 6.04 Å². The number of hydrogen-bond acceptors (Lipinski definition) is 3. The number of thioether (sulfide) groups is 1. The summed E-state index contributed by atoms with van der Waals surface area (Å²) in [5.74, 6) is 3.16. The van der Waals surface area contributed by atoms with E-state index in [0.717, 1.165) is 31.1 Å². The quantitative estimate of drug-likeness (QED) is 0.583. The largest absolute Gasteiger partial charge is 0.395 e. The van der Waals surface area contributed by atoms with Crippen molar-refractivity contribution in [1.29, 1.82) is 0 Å². The fraction of sp³-hybridized carbons (Fsp3) is 1.00. The second-order valence-electron chi connectivity index (χ2n) is 4.09. The van der Waals surface area contributed by atoms with Crippen molar-refractivity contribution in [1.82, 2.24) is 5.32 Å². The monoisotopic (exact) mass is 219 g/mol. The summed E-state index contributed by atoms with van der Waals surface area (Å²) in [6.45, 7) is 7.91. The molecule has 1 atom stereocenters. The Morgan fingerprint density at radius 1 is 1.36 bits per heavy atom. The Balaban J connectivity index is 3.33. The van der Waals surface area contributed by atoms with Gasteiger partial charge in [-0.05, 0) is 36.8 Å². The first-order valence-corrected chi connectivity index (χ1v) is 6.78. The number of nitrogens with one attached hydrogen (secondary N) is 1. The first-order valence-electron chi connectivity index (χ1n) is 5.62. The van der Waals surface area contributed by atoms with Crippen LogP contribution >= 0.6 is 11.8 Å². The lowest BCUT2D eigenvalue weighted by Gasteiger charge is -2.15. The molecular weight excluding hydrogens is 194 g/mol. The van der Waals surface area contributed by atoms with Gasteiger partial charge in [-0.3, -0.25) is 0 Å². The van der Waals surface area contributed by atoms with Crippen molar-refractivity contribution in [2.45, 2.75) is 39.7 Å². The summed E-state index contributed by atoms with van der Waals surface area (Å²) < 4.78 is 0. The molecule has 2 nitrogen and oxygen atoms in total. The molecule has 0 aromatic heterocycles. The summed E-state index contributed by atoms with van der Waals surface area (Å²) in [5, 5.41) is 12.4. The minimum absolute atomic E-state index is 0.266. The van der Waals surface area contributed by atoms with Crippen LogP contribution in [-0.2, 0) is 0 Å². The third-order valence-corrected chi connectivity index (χ3v) is 3.39. The third-order valence-electron chi connectivity index (χ3n) is 1.97. The Labute approximate surface area is 92.9 Å². The molecule has 1 unspecified atom stereocenters. The zero-order valence-electron chi connectivity index (χ0n) is 9.75. The maximum atomic E-state index is 9.09. The predicted molar refractivity (Wildman–Crippen MR) is 65.9 cm³/mol. The highest BCUT2D eigenvalue weighted by atomic mass is 32.2. The smallest absolute Gasteiger partial charge is 0.0584 e. The summed E-state index contributed by atoms with van der Waals surface area (Å²) in [7, 11) is 0. The van der Waals surface area contributed by atoms with Crippen LogP contribution in [0.1, 0.15) is 33.6 Å². The van der Waals surface area contributed by atoms with Crippen molar-refractivity contribution >= 4 is 11.8 Å². The molecule has 14 heavy (non-hydrogen) atoms. The second-order valence-corrected chi connectivity index (χ2v) is 5.24. The van der Waals surface area contributed by atoms with Gasteiger partial charge >= 0.3 is 0 Å². The molecule has 0 radical (unpaired) electrons. The minimum Gasteiger partial charge on any atom is -0.395 e. The van der Waals surface area contributed by atoms with Gasteiger partial charge in [0.1, 0.15) is 0 Å². The van der Waals surface area contributed by atoms with Gasteiger partial charge < -0.3 is 10.4 Å². The molecule has 0 aliphatic heterocycles. The highest BCUT2D eigenvalue weighted by Crippen LogP contribution is 2.09. The van der Waals surface area contributed by atoms with Gasteiger partial charge in [-0.25, -0.2) is 0 Å². The van der Waals surface area contributed by atoms with Crippen LogP contribution in [0.3, 0.4) is 0 Å². The van der Waals surface area contributed by atoms with Crippen LogP contribution in [0, 0.1) is 5.92 Å². The molecule has 86 valence electrons. The Kier molecular flexibility index (Phi) is 10.0. The molecule has 0 amide bonds. The van der Waals surface area contributed by atoms with Crippen LogP contribution in [0.2, 0.25) is 0 Å². The molecule has 0 aromatic carbocycles. The van der Waals surface area contributed by atoms with Gasteiger partial charge in [-0.2, -0.15) is 11.8 Å². The van der Waals surface area contributed by atoms with E-state index in [-0.39, 0.29) is 6.61 Å². The molecule has 0 aliphatic rings. The Morgan fingerprint density at radius 3 is 2.57 bits per heavy atom. The van der Waals surface area contributed by atoms with E-state index in [9.17, 15) is 0 Å². The number of aliphatic hydroxyl groups excluding tert-OH is 1. The predicted octanol–water partition coefficient (Wildman–Crippen LogP) is 2.13. The molecular formula is C11H25NOS. The normalized spacial score (nSPS) is 13.5. The molecule has 0 heterocycles. The SMILES string of the molecule is CCCNC(CO)CCSCC(C)C. The maximum Gasteiger partial charge on any atom is 0.0584 e. The van der Waals surface area contributed by atoms with Gasteiger partial charge in [0.15, 0.2) is 0 Å². The van der Waals surface area contributed by atoms with Crippen molar-refractivity contribution in [2.75, 3.05) is 24.7 Å². The van der Waals surface area contributed by atoms with Gasteiger partial charge in [-0.15, -0.1) is 0 Å². The summed E-state index contributed by atoms with van der Waals surface area (Å²) in [4.78, 5) is 0. The first-order chi connectivity index (χ1) is 6.70. The van der Waals surface area contributed by atoms with E-state index >= 15 is 0 Å². The lowest BCUT2D eigenvalue weighted by molar-refractivity contribution is 0.240. The Morgan fingerprint density at radius 2 is 2.07 bits per heavy atom. The summed E-state index contributed by atoms with van der Waals surface area (Å²) in [5.41, 5.74) is 0. The molecule has 0 rings (SSSR count). The van der Waals surface area contributed by atoms with Crippen molar-refractivity contribution in [3.8, 4) is 0 Å². The van der Waals surface area contributed by atoms with Crippen LogP contribution in [0.15, 0.2) is 0 Å². The van der Waals surface area contributed by atoms with Crippen LogP contribution in [0.25, 0.3) is 0 Å². The summed E-state index contributed by atoms with van der Waals surface area (Å²) in [6.07, 6.45) is 2.21. The zero-order valence-corrected chi connectivity index (χ0v) is 10.6. The van der Waals surface area contributed by atoms with E-state index < -0.39 is 0 Å². The van der Waals surface area contributed by atoms with Crippen LogP contribution < -0.4 is 5.32 Å². The fourth-order valence-corrected chi connectivity index (χ4v) is 2.24. The topological polar surface area (TPSA) is 32.3 Å². The molecule has 3 heteroatoms. The van der Waals surface area contributed by atoms with E-state index in [1.54, 1.807) is 0 Å². The Hall–Kier alpha value is 0.270. The van der Waals surface area contributed by atoms with Gasteiger partial charge in [0.25, 0.3) is 0 Å². The highest BCUT2D eigenvalue weighted by molar-refractivity contribution is 7.99. The molecule has 2 N–H and O–H groups in total. The lowest BCUT2D eigenvalue weighted by atomic mass is 10.2. The molecule has 0 fully saturated rings. The molecule has 0 saturated heterocycles. The van der Waals surface area contributed by atoms with E-state index in [0.29, 0.717) is 6.04 Å². The number of aliphatic hydroxyl groups is 1. The first kappa shape index (κ1) is 14.3. The van der Waals surface area contributed by atoms with E-state index in [4.69, 9.17) is 5.11 Å². The standard InChI is InChI=1S/C11H25NOS/c1-4-6-12-11(8-13)5-7-14-9-10(2)3/h10-13H,4-9H2,1-3H3. The molecule has 0 aliphatic carbocycles. The van der Waals surface area contributed by atoms with E-state index in [1.807, 2.05) is 11.8 Å². The fourth-order valence-electron chi connectivity index (χ4n) is 1.15. The lowest BCUT2D eigenvalue weighted by Crippen LogP contribution is -2.33. The Bertz CT molecular complexity index is 120. The number of hydrogen-bond donors (Lipinski definition) is 2. The molecule has 0 aromatic rings. The molecule has 0 bridgehead atoms. The van der Waals surface area contributed by atoms with Gasteiger partial charge in [0.2, 0.25) is 0 Å². The summed E-state index contributed by atoms with van der Waals surface area (Å²) in [6, 6.07) is 0.301. The van der Waals surface area contributed by atoms with Crippen molar-refractivity contribution in [2.24, 2.45) is 5.92 Å². The highest BCUT2D eigenvalue weighted by Gasteiger charge is 2.05. The van der Waals surface area contributed by atoms with E-state index in [1.165, 1.54) is 5.75 Å². The van der Waals surface area contributed by atoms with Crippen LogP contribution in [-0.4, -0.2) is 35.8 Å². The van der Waals surface area contributed by atoms with Gasteiger partial charge in [-0.1, -0.05) is 20.8 Å².